The van der Waals surface area contributed by atoms with Crippen LogP contribution >= 0.6 is 0 Å². The van der Waals surface area contributed by atoms with Crippen LogP contribution in [0.1, 0.15) is 42.9 Å². The predicted octanol–water partition coefficient (Wildman–Crippen LogP) is 3.78. The summed E-state index contributed by atoms with van der Waals surface area (Å²) in [6, 6.07) is 20.1. The molecule has 2 aromatic carbocycles. The van der Waals surface area contributed by atoms with E-state index in [4.69, 9.17) is 4.74 Å². The van der Waals surface area contributed by atoms with Crippen molar-refractivity contribution < 1.29 is 9.53 Å². The summed E-state index contributed by atoms with van der Waals surface area (Å²) in [5, 5.41) is 3.00. The molecule has 144 valence electrons. The predicted molar refractivity (Wildman–Crippen MR) is 109 cm³/mol. The van der Waals surface area contributed by atoms with Crippen molar-refractivity contribution in [3.8, 4) is 0 Å². The molecule has 0 radical (unpaired) electrons. The number of likely N-dealkylation sites (tertiary alicyclic amines) is 1. The number of rotatable bonds is 8. The van der Waals surface area contributed by atoms with Gasteiger partial charge in [-0.05, 0) is 37.1 Å². The van der Waals surface area contributed by atoms with Gasteiger partial charge in [-0.25, -0.2) is 0 Å². The van der Waals surface area contributed by atoms with Crippen LogP contribution in [-0.4, -0.2) is 43.6 Å². The first-order valence-electron chi connectivity index (χ1n) is 10.0. The largest absolute Gasteiger partial charge is 0.359 e. The zero-order chi connectivity index (χ0) is 18.7. The number of hydrogen-bond acceptors (Lipinski definition) is 3. The van der Waals surface area contributed by atoms with Gasteiger partial charge < -0.3 is 15.0 Å². The van der Waals surface area contributed by atoms with Crippen LogP contribution in [0.3, 0.4) is 0 Å². The lowest BCUT2D eigenvalue weighted by Gasteiger charge is -2.21. The molecule has 0 bridgehead atoms. The van der Waals surface area contributed by atoms with E-state index in [-0.39, 0.29) is 18.6 Å². The van der Waals surface area contributed by atoms with Gasteiger partial charge in [0.25, 0.3) is 0 Å². The Morgan fingerprint density at radius 1 is 0.889 bits per heavy atom. The zero-order valence-electron chi connectivity index (χ0n) is 16.0. The molecule has 0 unspecified atom stereocenters. The van der Waals surface area contributed by atoms with E-state index in [1.54, 1.807) is 0 Å². The van der Waals surface area contributed by atoms with Gasteiger partial charge in [0.05, 0.1) is 0 Å². The summed E-state index contributed by atoms with van der Waals surface area (Å²) >= 11 is 0. The molecule has 4 heteroatoms. The lowest BCUT2D eigenvalue weighted by molar-refractivity contribution is -0.127. The van der Waals surface area contributed by atoms with Crippen LogP contribution in [0.2, 0.25) is 0 Å². The molecule has 0 saturated carbocycles. The van der Waals surface area contributed by atoms with Gasteiger partial charge in [0.2, 0.25) is 5.91 Å². The molecule has 1 fully saturated rings. The molecule has 3 rings (SSSR count). The zero-order valence-corrected chi connectivity index (χ0v) is 16.0. The van der Waals surface area contributed by atoms with Crippen molar-refractivity contribution in [3.63, 3.8) is 0 Å². The van der Waals surface area contributed by atoms with Gasteiger partial charge in [-0.15, -0.1) is 0 Å². The number of carbonyl (C=O) groups is 1. The molecule has 0 aromatic heterocycles. The van der Waals surface area contributed by atoms with Crippen molar-refractivity contribution in [1.29, 1.82) is 0 Å². The van der Waals surface area contributed by atoms with E-state index in [9.17, 15) is 4.79 Å². The molecule has 1 heterocycles. The summed E-state index contributed by atoms with van der Waals surface area (Å²) in [6.07, 6.45) is 4.97. The van der Waals surface area contributed by atoms with Crippen LogP contribution in [0.5, 0.6) is 0 Å². The number of amides is 1. The highest BCUT2D eigenvalue weighted by Crippen LogP contribution is 2.25. The van der Waals surface area contributed by atoms with E-state index in [1.807, 2.05) is 60.7 Å². The highest BCUT2D eigenvalue weighted by atomic mass is 16.5. The van der Waals surface area contributed by atoms with Crippen LogP contribution in [0.25, 0.3) is 0 Å². The SMILES string of the molecule is O=C(COC(c1ccccc1)c1ccccc1)NCCN1CCCCCC1. The summed E-state index contributed by atoms with van der Waals surface area (Å²) in [5.41, 5.74) is 2.11. The number of nitrogens with one attached hydrogen (secondary N) is 1. The first-order chi connectivity index (χ1) is 13.3. The number of benzene rings is 2. The Kier molecular flexibility index (Phi) is 7.87. The van der Waals surface area contributed by atoms with Gasteiger partial charge in [0, 0.05) is 13.1 Å². The van der Waals surface area contributed by atoms with E-state index >= 15 is 0 Å². The van der Waals surface area contributed by atoms with E-state index < -0.39 is 0 Å². The minimum Gasteiger partial charge on any atom is -0.359 e. The summed E-state index contributed by atoms with van der Waals surface area (Å²) in [7, 11) is 0. The molecule has 2 aromatic rings. The third-order valence-electron chi connectivity index (χ3n) is 5.03. The highest BCUT2D eigenvalue weighted by Gasteiger charge is 2.16. The van der Waals surface area contributed by atoms with Crippen LogP contribution in [0.4, 0.5) is 0 Å². The Balaban J connectivity index is 1.49. The van der Waals surface area contributed by atoms with Crippen molar-refractivity contribution in [2.45, 2.75) is 31.8 Å². The quantitative estimate of drug-likeness (QED) is 0.773. The first kappa shape index (κ1) is 19.6. The molecule has 1 saturated heterocycles. The Morgan fingerprint density at radius 3 is 2.00 bits per heavy atom. The van der Waals surface area contributed by atoms with Crippen molar-refractivity contribution in [2.75, 3.05) is 32.8 Å². The van der Waals surface area contributed by atoms with Gasteiger partial charge >= 0.3 is 0 Å². The Labute approximate surface area is 162 Å². The highest BCUT2D eigenvalue weighted by molar-refractivity contribution is 5.77. The Morgan fingerprint density at radius 2 is 1.44 bits per heavy atom. The molecule has 1 N–H and O–H groups in total. The third-order valence-corrected chi connectivity index (χ3v) is 5.03. The lowest BCUT2D eigenvalue weighted by atomic mass is 10.0. The van der Waals surface area contributed by atoms with Crippen molar-refractivity contribution in [3.05, 3.63) is 71.8 Å². The van der Waals surface area contributed by atoms with Gasteiger partial charge in [-0.3, -0.25) is 4.79 Å². The van der Waals surface area contributed by atoms with Gasteiger partial charge in [-0.2, -0.15) is 0 Å². The smallest absolute Gasteiger partial charge is 0.246 e. The number of nitrogens with zero attached hydrogens (tertiary/aromatic N) is 1. The summed E-state index contributed by atoms with van der Waals surface area (Å²) in [5.74, 6) is -0.0540. The van der Waals surface area contributed by atoms with Gasteiger partial charge in [0.15, 0.2) is 0 Å². The molecule has 0 aliphatic carbocycles. The van der Waals surface area contributed by atoms with E-state index in [2.05, 4.69) is 10.2 Å². The second-order valence-electron chi connectivity index (χ2n) is 7.12. The first-order valence-corrected chi connectivity index (χ1v) is 10.0. The maximum atomic E-state index is 12.3. The average molecular weight is 367 g/mol. The van der Waals surface area contributed by atoms with E-state index in [1.165, 1.54) is 25.7 Å². The van der Waals surface area contributed by atoms with Crippen LogP contribution in [0, 0.1) is 0 Å². The normalized spacial score (nSPS) is 15.4. The van der Waals surface area contributed by atoms with Crippen molar-refractivity contribution in [1.82, 2.24) is 10.2 Å². The topological polar surface area (TPSA) is 41.6 Å². The monoisotopic (exact) mass is 366 g/mol. The lowest BCUT2D eigenvalue weighted by Crippen LogP contribution is -2.37. The summed E-state index contributed by atoms with van der Waals surface area (Å²) < 4.78 is 6.01. The summed E-state index contributed by atoms with van der Waals surface area (Å²) in [6.45, 7) is 3.97. The Hall–Kier alpha value is -2.17. The maximum Gasteiger partial charge on any atom is 0.246 e. The molecule has 1 amide bonds. The molecule has 1 aliphatic rings. The van der Waals surface area contributed by atoms with Gasteiger partial charge in [-0.1, -0.05) is 73.5 Å². The van der Waals surface area contributed by atoms with Crippen LogP contribution in [-0.2, 0) is 9.53 Å². The minimum absolute atomic E-state index is 0.0540. The minimum atomic E-state index is -0.233. The summed E-state index contributed by atoms with van der Waals surface area (Å²) in [4.78, 5) is 14.7. The molecular weight excluding hydrogens is 336 g/mol. The van der Waals surface area contributed by atoms with Crippen LogP contribution < -0.4 is 5.32 Å². The molecule has 0 atom stereocenters. The van der Waals surface area contributed by atoms with E-state index in [0.717, 1.165) is 30.8 Å². The second kappa shape index (κ2) is 10.9. The molecule has 27 heavy (non-hydrogen) atoms. The fraction of sp³-hybridized carbons (Fsp3) is 0.435. The number of carbonyl (C=O) groups excluding carboxylic acids is 1. The number of hydrogen-bond donors (Lipinski definition) is 1. The fourth-order valence-corrected chi connectivity index (χ4v) is 3.56. The molecule has 0 spiro atoms. The standard InChI is InChI=1S/C23H30N2O2/c26-22(24-15-18-25-16-9-1-2-10-17-25)19-27-23(20-11-5-3-6-12-20)21-13-7-4-8-14-21/h3-8,11-14,23H,1-2,9-10,15-19H2,(H,24,26). The fourth-order valence-electron chi connectivity index (χ4n) is 3.56. The number of ether oxygens (including phenoxy) is 1. The van der Waals surface area contributed by atoms with Crippen LogP contribution in [0.15, 0.2) is 60.7 Å². The molecule has 4 nitrogen and oxygen atoms in total. The van der Waals surface area contributed by atoms with E-state index in [0.29, 0.717) is 6.54 Å². The van der Waals surface area contributed by atoms with Gasteiger partial charge in [0.1, 0.15) is 12.7 Å². The second-order valence-corrected chi connectivity index (χ2v) is 7.12. The van der Waals surface area contributed by atoms with Crippen molar-refractivity contribution >= 4 is 5.91 Å². The Bertz CT molecular complexity index is 628. The maximum absolute atomic E-state index is 12.3. The van der Waals surface area contributed by atoms with Crippen molar-refractivity contribution in [2.24, 2.45) is 0 Å². The molecule has 1 aliphatic heterocycles. The third kappa shape index (κ3) is 6.49. The molecular formula is C23H30N2O2. The average Bonchev–Trinajstić information content (AvgIpc) is 2.99.